The van der Waals surface area contributed by atoms with Gasteiger partial charge in [0.25, 0.3) is 0 Å². The molecule has 0 saturated heterocycles. The first-order chi connectivity index (χ1) is 9.15. The van der Waals surface area contributed by atoms with Gasteiger partial charge in [0, 0.05) is 18.5 Å². The molecule has 2 saturated carbocycles. The molecule has 0 aromatic carbocycles. The number of amides is 1. The van der Waals surface area contributed by atoms with Gasteiger partial charge in [-0.2, -0.15) is 0 Å². The van der Waals surface area contributed by atoms with Crippen molar-refractivity contribution < 1.29 is 4.79 Å². The molecule has 2 aliphatic rings. The molecule has 0 aromatic rings. The van der Waals surface area contributed by atoms with Gasteiger partial charge in [0.1, 0.15) is 0 Å². The predicted octanol–water partition coefficient (Wildman–Crippen LogP) is 2.98. The van der Waals surface area contributed by atoms with Gasteiger partial charge in [-0.15, -0.1) is 0 Å². The third-order valence-electron chi connectivity index (χ3n) is 5.17. The summed E-state index contributed by atoms with van der Waals surface area (Å²) in [6.45, 7) is 2.17. The molecule has 2 rings (SSSR count). The molecule has 2 aliphatic carbocycles. The number of rotatable bonds is 5. The van der Waals surface area contributed by atoms with E-state index in [-0.39, 0.29) is 5.91 Å². The van der Waals surface area contributed by atoms with Crippen LogP contribution in [-0.4, -0.2) is 18.0 Å². The van der Waals surface area contributed by atoms with Crippen LogP contribution in [0.25, 0.3) is 0 Å². The highest BCUT2D eigenvalue weighted by molar-refractivity contribution is 5.76. The first-order valence-corrected chi connectivity index (χ1v) is 8.20. The van der Waals surface area contributed by atoms with Gasteiger partial charge in [-0.25, -0.2) is 0 Å². The largest absolute Gasteiger partial charge is 0.353 e. The van der Waals surface area contributed by atoms with Crippen LogP contribution in [0.3, 0.4) is 0 Å². The zero-order valence-corrected chi connectivity index (χ0v) is 12.4. The van der Waals surface area contributed by atoms with Crippen molar-refractivity contribution >= 4 is 5.91 Å². The van der Waals surface area contributed by atoms with Crippen LogP contribution in [0.5, 0.6) is 0 Å². The number of carbonyl (C=O) groups excluding carboxylic acids is 1. The van der Waals surface area contributed by atoms with Crippen LogP contribution < -0.4 is 11.1 Å². The molecule has 3 heteroatoms. The molecule has 0 radical (unpaired) electrons. The SMILES string of the molecule is CC(NC(=O)CCC1CCC(N)CC1)C1CCCC1. The van der Waals surface area contributed by atoms with Crippen LogP contribution in [0.4, 0.5) is 0 Å². The van der Waals surface area contributed by atoms with Crippen molar-refractivity contribution in [2.75, 3.05) is 0 Å². The molecule has 0 aliphatic heterocycles. The smallest absolute Gasteiger partial charge is 0.220 e. The highest BCUT2D eigenvalue weighted by Crippen LogP contribution is 2.28. The Hall–Kier alpha value is -0.570. The van der Waals surface area contributed by atoms with Gasteiger partial charge in [0.15, 0.2) is 0 Å². The molecule has 2 fully saturated rings. The predicted molar refractivity (Wildman–Crippen MR) is 78.7 cm³/mol. The van der Waals surface area contributed by atoms with Crippen LogP contribution in [0, 0.1) is 11.8 Å². The number of hydrogen-bond donors (Lipinski definition) is 2. The lowest BCUT2D eigenvalue weighted by Crippen LogP contribution is -2.37. The third kappa shape index (κ3) is 4.79. The van der Waals surface area contributed by atoms with Crippen LogP contribution in [-0.2, 0) is 4.79 Å². The number of nitrogens with one attached hydrogen (secondary N) is 1. The van der Waals surface area contributed by atoms with E-state index >= 15 is 0 Å². The van der Waals surface area contributed by atoms with E-state index in [1.807, 2.05) is 0 Å². The van der Waals surface area contributed by atoms with Gasteiger partial charge in [0.05, 0.1) is 0 Å². The Morgan fingerprint density at radius 2 is 1.79 bits per heavy atom. The zero-order valence-electron chi connectivity index (χ0n) is 12.4. The summed E-state index contributed by atoms with van der Waals surface area (Å²) in [7, 11) is 0. The first-order valence-electron chi connectivity index (χ1n) is 8.20. The Bertz CT molecular complexity index is 278. The maximum atomic E-state index is 12.0. The van der Waals surface area contributed by atoms with E-state index in [0.29, 0.717) is 18.5 Å². The molecular formula is C16H30N2O. The quantitative estimate of drug-likeness (QED) is 0.803. The number of hydrogen-bond acceptors (Lipinski definition) is 2. The normalized spacial score (nSPS) is 30.2. The minimum absolute atomic E-state index is 0.259. The van der Waals surface area contributed by atoms with Crippen molar-refractivity contribution in [2.45, 2.75) is 83.2 Å². The second-order valence-electron chi connectivity index (χ2n) is 6.72. The summed E-state index contributed by atoms with van der Waals surface area (Å²) >= 11 is 0. The Morgan fingerprint density at radius 1 is 1.16 bits per heavy atom. The van der Waals surface area contributed by atoms with Gasteiger partial charge in [-0.05, 0) is 63.7 Å². The lowest BCUT2D eigenvalue weighted by atomic mass is 9.84. The van der Waals surface area contributed by atoms with Crippen molar-refractivity contribution in [3.05, 3.63) is 0 Å². The Morgan fingerprint density at radius 3 is 2.42 bits per heavy atom. The summed E-state index contributed by atoms with van der Waals surface area (Å²) in [6.07, 6.45) is 11.7. The van der Waals surface area contributed by atoms with Crippen molar-refractivity contribution in [3.63, 3.8) is 0 Å². The van der Waals surface area contributed by atoms with E-state index in [0.717, 1.165) is 31.1 Å². The molecule has 0 spiro atoms. The molecule has 0 aromatic heterocycles. The molecule has 0 bridgehead atoms. The maximum absolute atomic E-state index is 12.0. The lowest BCUT2D eigenvalue weighted by Gasteiger charge is -2.26. The van der Waals surface area contributed by atoms with Gasteiger partial charge in [-0.1, -0.05) is 12.8 Å². The highest BCUT2D eigenvalue weighted by atomic mass is 16.1. The van der Waals surface area contributed by atoms with Crippen LogP contribution in [0.15, 0.2) is 0 Å². The van der Waals surface area contributed by atoms with E-state index in [1.165, 1.54) is 38.5 Å². The highest BCUT2D eigenvalue weighted by Gasteiger charge is 2.23. The van der Waals surface area contributed by atoms with Gasteiger partial charge >= 0.3 is 0 Å². The molecule has 0 heterocycles. The minimum atomic E-state index is 0.259. The van der Waals surface area contributed by atoms with E-state index in [4.69, 9.17) is 5.73 Å². The fraction of sp³-hybridized carbons (Fsp3) is 0.938. The standard InChI is InChI=1S/C16H30N2O/c1-12(14-4-2-3-5-14)18-16(19)11-8-13-6-9-15(17)10-7-13/h12-15H,2-11,17H2,1H3,(H,18,19). The van der Waals surface area contributed by atoms with E-state index in [1.54, 1.807) is 0 Å². The maximum Gasteiger partial charge on any atom is 0.220 e. The Balaban J connectivity index is 1.61. The Labute approximate surface area is 117 Å². The van der Waals surface area contributed by atoms with E-state index < -0.39 is 0 Å². The summed E-state index contributed by atoms with van der Waals surface area (Å²) in [4.78, 5) is 12.0. The van der Waals surface area contributed by atoms with E-state index in [9.17, 15) is 4.79 Å². The number of carbonyl (C=O) groups is 1. The second-order valence-corrected chi connectivity index (χ2v) is 6.72. The first kappa shape index (κ1) is 14.8. The third-order valence-corrected chi connectivity index (χ3v) is 5.17. The molecular weight excluding hydrogens is 236 g/mol. The minimum Gasteiger partial charge on any atom is -0.353 e. The summed E-state index contributed by atoms with van der Waals surface area (Å²) in [5, 5.41) is 3.21. The molecule has 1 atom stereocenters. The van der Waals surface area contributed by atoms with Gasteiger partial charge < -0.3 is 11.1 Å². The molecule has 1 unspecified atom stereocenters. The summed E-state index contributed by atoms with van der Waals surface area (Å²) in [5.74, 6) is 1.71. The monoisotopic (exact) mass is 266 g/mol. The summed E-state index contributed by atoms with van der Waals surface area (Å²) in [5.41, 5.74) is 5.91. The fourth-order valence-electron chi connectivity index (χ4n) is 3.71. The number of nitrogens with two attached hydrogens (primary N) is 1. The second kappa shape index (κ2) is 7.28. The van der Waals surface area contributed by atoms with Crippen molar-refractivity contribution in [2.24, 2.45) is 17.6 Å². The van der Waals surface area contributed by atoms with Crippen molar-refractivity contribution in [1.82, 2.24) is 5.32 Å². The summed E-state index contributed by atoms with van der Waals surface area (Å²) < 4.78 is 0. The molecule has 3 nitrogen and oxygen atoms in total. The fourth-order valence-corrected chi connectivity index (χ4v) is 3.71. The molecule has 3 N–H and O–H groups in total. The van der Waals surface area contributed by atoms with Gasteiger partial charge in [-0.3, -0.25) is 4.79 Å². The molecule has 110 valence electrons. The Kier molecular flexibility index (Phi) is 5.68. The lowest BCUT2D eigenvalue weighted by molar-refractivity contribution is -0.122. The molecule has 19 heavy (non-hydrogen) atoms. The average molecular weight is 266 g/mol. The molecule has 1 amide bonds. The van der Waals surface area contributed by atoms with Crippen LogP contribution >= 0.6 is 0 Å². The average Bonchev–Trinajstić information content (AvgIpc) is 2.92. The summed E-state index contributed by atoms with van der Waals surface area (Å²) in [6, 6.07) is 0.780. The van der Waals surface area contributed by atoms with Gasteiger partial charge in [0.2, 0.25) is 5.91 Å². The van der Waals surface area contributed by atoms with E-state index in [2.05, 4.69) is 12.2 Å². The zero-order chi connectivity index (χ0) is 13.7. The van der Waals surface area contributed by atoms with Crippen LogP contribution in [0.1, 0.15) is 71.1 Å². The van der Waals surface area contributed by atoms with Crippen molar-refractivity contribution in [1.29, 1.82) is 0 Å². The van der Waals surface area contributed by atoms with Crippen LogP contribution in [0.2, 0.25) is 0 Å². The van der Waals surface area contributed by atoms with Crippen molar-refractivity contribution in [3.8, 4) is 0 Å². The topological polar surface area (TPSA) is 55.1 Å².